The summed E-state index contributed by atoms with van der Waals surface area (Å²) in [5.74, 6) is 1.40. The van der Waals surface area contributed by atoms with Crippen molar-refractivity contribution in [2.24, 2.45) is 11.8 Å². The van der Waals surface area contributed by atoms with Gasteiger partial charge in [-0.25, -0.2) is 0 Å². The van der Waals surface area contributed by atoms with Crippen molar-refractivity contribution in [1.82, 2.24) is 10.3 Å². The molecule has 1 heterocycles. The standard InChI is InChI=1S/C16H25N3O/c1-3-12-4-6-13(7-5-12)9-19-16(20)14-10-18-11(2)8-15(14)17/h8,10,12-13H,3-7,9H2,1-2H3,(H2,17,18)(H,19,20). The van der Waals surface area contributed by atoms with Crippen molar-refractivity contribution >= 4 is 11.6 Å². The third-order valence-electron chi connectivity index (χ3n) is 4.41. The predicted octanol–water partition coefficient (Wildman–Crippen LogP) is 2.92. The van der Waals surface area contributed by atoms with Crippen molar-refractivity contribution in [3.8, 4) is 0 Å². The van der Waals surface area contributed by atoms with Gasteiger partial charge in [0.05, 0.1) is 5.56 Å². The highest BCUT2D eigenvalue weighted by Gasteiger charge is 2.20. The van der Waals surface area contributed by atoms with E-state index in [1.54, 1.807) is 12.3 Å². The minimum atomic E-state index is -0.104. The Morgan fingerprint density at radius 3 is 2.60 bits per heavy atom. The first kappa shape index (κ1) is 14.8. The van der Waals surface area contributed by atoms with Crippen molar-refractivity contribution in [1.29, 1.82) is 0 Å². The lowest BCUT2D eigenvalue weighted by molar-refractivity contribution is 0.0941. The fourth-order valence-corrected chi connectivity index (χ4v) is 2.95. The Morgan fingerprint density at radius 1 is 1.35 bits per heavy atom. The van der Waals surface area contributed by atoms with Crippen LogP contribution in [-0.4, -0.2) is 17.4 Å². The molecule has 0 radical (unpaired) electrons. The zero-order valence-corrected chi connectivity index (χ0v) is 12.5. The molecule has 0 aliphatic heterocycles. The molecule has 3 N–H and O–H groups in total. The molecule has 0 atom stereocenters. The van der Waals surface area contributed by atoms with E-state index in [1.807, 2.05) is 6.92 Å². The Bertz CT molecular complexity index is 465. The molecule has 0 bridgehead atoms. The summed E-state index contributed by atoms with van der Waals surface area (Å²) in [6, 6.07) is 1.74. The van der Waals surface area contributed by atoms with E-state index in [9.17, 15) is 4.79 Å². The van der Waals surface area contributed by atoms with Gasteiger partial charge in [0.15, 0.2) is 0 Å². The monoisotopic (exact) mass is 275 g/mol. The van der Waals surface area contributed by atoms with Crippen LogP contribution in [0.2, 0.25) is 0 Å². The highest BCUT2D eigenvalue weighted by atomic mass is 16.1. The number of rotatable bonds is 4. The van der Waals surface area contributed by atoms with Gasteiger partial charge in [0.25, 0.3) is 5.91 Å². The molecule has 0 unspecified atom stereocenters. The molecule has 1 aliphatic rings. The lowest BCUT2D eigenvalue weighted by Crippen LogP contribution is -2.31. The average Bonchev–Trinajstić information content (AvgIpc) is 2.45. The quantitative estimate of drug-likeness (QED) is 0.887. The summed E-state index contributed by atoms with van der Waals surface area (Å²) in [5, 5.41) is 3.00. The van der Waals surface area contributed by atoms with Crippen LogP contribution in [0.1, 0.15) is 55.1 Å². The number of anilines is 1. The molecule has 4 heteroatoms. The molecule has 2 rings (SSSR count). The smallest absolute Gasteiger partial charge is 0.254 e. The SMILES string of the molecule is CCC1CCC(CNC(=O)c2cnc(C)cc2N)CC1. The number of aryl methyl sites for hydroxylation is 1. The van der Waals surface area contributed by atoms with Crippen molar-refractivity contribution in [2.75, 3.05) is 12.3 Å². The molecule has 1 aliphatic carbocycles. The second-order valence-electron chi connectivity index (χ2n) is 5.92. The van der Waals surface area contributed by atoms with E-state index in [4.69, 9.17) is 5.73 Å². The molecule has 1 fully saturated rings. The Hall–Kier alpha value is -1.58. The Kier molecular flexibility index (Phi) is 4.99. The number of carbonyl (C=O) groups excluding carboxylic acids is 1. The van der Waals surface area contributed by atoms with E-state index in [-0.39, 0.29) is 5.91 Å². The maximum Gasteiger partial charge on any atom is 0.254 e. The van der Waals surface area contributed by atoms with Crippen LogP contribution in [0.3, 0.4) is 0 Å². The highest BCUT2D eigenvalue weighted by molar-refractivity contribution is 5.98. The van der Waals surface area contributed by atoms with E-state index in [0.717, 1.165) is 18.2 Å². The molecular weight excluding hydrogens is 250 g/mol. The first-order valence-electron chi connectivity index (χ1n) is 7.60. The lowest BCUT2D eigenvalue weighted by atomic mass is 9.81. The second-order valence-corrected chi connectivity index (χ2v) is 5.92. The number of aromatic nitrogens is 1. The summed E-state index contributed by atoms with van der Waals surface area (Å²) >= 11 is 0. The Morgan fingerprint density at radius 2 is 2.00 bits per heavy atom. The van der Waals surface area contributed by atoms with Gasteiger partial charge in [0.2, 0.25) is 0 Å². The van der Waals surface area contributed by atoms with E-state index in [2.05, 4.69) is 17.2 Å². The fraction of sp³-hybridized carbons (Fsp3) is 0.625. The van der Waals surface area contributed by atoms with Gasteiger partial charge in [-0.3, -0.25) is 9.78 Å². The number of pyridine rings is 1. The van der Waals surface area contributed by atoms with Gasteiger partial charge >= 0.3 is 0 Å². The van der Waals surface area contributed by atoms with Gasteiger partial charge in [-0.1, -0.05) is 26.2 Å². The van der Waals surface area contributed by atoms with Crippen LogP contribution < -0.4 is 11.1 Å². The summed E-state index contributed by atoms with van der Waals surface area (Å²) in [4.78, 5) is 16.2. The predicted molar refractivity (Wildman–Crippen MR) is 81.5 cm³/mol. The Labute approximate surface area is 121 Å². The van der Waals surface area contributed by atoms with Crippen LogP contribution in [0.4, 0.5) is 5.69 Å². The highest BCUT2D eigenvalue weighted by Crippen LogP contribution is 2.30. The first-order chi connectivity index (χ1) is 9.60. The number of amides is 1. The number of hydrogen-bond donors (Lipinski definition) is 2. The third kappa shape index (κ3) is 3.71. The van der Waals surface area contributed by atoms with Gasteiger partial charge in [0, 0.05) is 24.1 Å². The van der Waals surface area contributed by atoms with Gasteiger partial charge in [-0.05, 0) is 37.7 Å². The van der Waals surface area contributed by atoms with Crippen molar-refractivity contribution in [3.05, 3.63) is 23.5 Å². The van der Waals surface area contributed by atoms with Gasteiger partial charge < -0.3 is 11.1 Å². The molecule has 20 heavy (non-hydrogen) atoms. The van der Waals surface area contributed by atoms with E-state index in [0.29, 0.717) is 17.2 Å². The maximum absolute atomic E-state index is 12.1. The number of nitrogens with zero attached hydrogens (tertiary/aromatic N) is 1. The van der Waals surface area contributed by atoms with E-state index in [1.165, 1.54) is 32.1 Å². The fourth-order valence-electron chi connectivity index (χ4n) is 2.95. The normalized spacial score (nSPS) is 22.5. The van der Waals surface area contributed by atoms with Crippen LogP contribution in [0, 0.1) is 18.8 Å². The van der Waals surface area contributed by atoms with Crippen LogP contribution in [0.15, 0.2) is 12.3 Å². The molecule has 1 aromatic rings. The lowest BCUT2D eigenvalue weighted by Gasteiger charge is -2.27. The molecule has 1 amide bonds. The van der Waals surface area contributed by atoms with Gasteiger partial charge in [-0.15, -0.1) is 0 Å². The molecule has 1 aromatic heterocycles. The third-order valence-corrected chi connectivity index (χ3v) is 4.41. The van der Waals surface area contributed by atoms with E-state index >= 15 is 0 Å². The largest absolute Gasteiger partial charge is 0.398 e. The van der Waals surface area contributed by atoms with Crippen LogP contribution in [-0.2, 0) is 0 Å². The number of nitrogen functional groups attached to an aromatic ring is 1. The summed E-state index contributed by atoms with van der Waals surface area (Å²) in [5.41, 5.74) is 7.69. The van der Waals surface area contributed by atoms with Crippen LogP contribution >= 0.6 is 0 Å². The van der Waals surface area contributed by atoms with Crippen LogP contribution in [0.5, 0.6) is 0 Å². The van der Waals surface area contributed by atoms with Gasteiger partial charge in [0.1, 0.15) is 0 Å². The number of carbonyl (C=O) groups is 1. The zero-order chi connectivity index (χ0) is 14.5. The first-order valence-corrected chi connectivity index (χ1v) is 7.60. The molecule has 110 valence electrons. The molecule has 0 saturated heterocycles. The van der Waals surface area contributed by atoms with Crippen LogP contribution in [0.25, 0.3) is 0 Å². The number of nitrogens with two attached hydrogens (primary N) is 1. The second kappa shape index (κ2) is 6.73. The minimum Gasteiger partial charge on any atom is -0.398 e. The van der Waals surface area contributed by atoms with Crippen molar-refractivity contribution < 1.29 is 4.79 Å². The van der Waals surface area contributed by atoms with Crippen molar-refractivity contribution in [3.63, 3.8) is 0 Å². The summed E-state index contributed by atoms with van der Waals surface area (Å²) < 4.78 is 0. The van der Waals surface area contributed by atoms with Crippen molar-refractivity contribution in [2.45, 2.75) is 46.0 Å². The average molecular weight is 275 g/mol. The summed E-state index contributed by atoms with van der Waals surface area (Å²) in [7, 11) is 0. The number of hydrogen-bond acceptors (Lipinski definition) is 3. The summed E-state index contributed by atoms with van der Waals surface area (Å²) in [6.45, 7) is 4.88. The maximum atomic E-state index is 12.1. The zero-order valence-electron chi connectivity index (χ0n) is 12.5. The Balaban J connectivity index is 1.83. The molecule has 1 saturated carbocycles. The van der Waals surface area contributed by atoms with Gasteiger partial charge in [-0.2, -0.15) is 0 Å². The molecule has 4 nitrogen and oxygen atoms in total. The molecule has 0 aromatic carbocycles. The minimum absolute atomic E-state index is 0.104. The van der Waals surface area contributed by atoms with E-state index < -0.39 is 0 Å². The topological polar surface area (TPSA) is 68.0 Å². The molecule has 0 spiro atoms. The number of nitrogens with one attached hydrogen (secondary N) is 1. The summed E-state index contributed by atoms with van der Waals surface area (Å²) in [6.07, 6.45) is 7.88. The molecular formula is C16H25N3O.